The lowest BCUT2D eigenvalue weighted by atomic mass is 10.1. The molecule has 1 aromatic carbocycles. The zero-order valence-corrected chi connectivity index (χ0v) is 11.8. The Hall–Kier alpha value is -1.06. The first kappa shape index (κ1) is 13.4. The Balaban J connectivity index is 2.17. The number of hydrogen-bond donors (Lipinski definition) is 1. The number of nitrogens with two attached hydrogens (primary N) is 1. The number of aryl methyl sites for hydroxylation is 1. The van der Waals surface area contributed by atoms with Crippen molar-refractivity contribution in [3.05, 3.63) is 41.6 Å². The van der Waals surface area contributed by atoms with Gasteiger partial charge in [0.25, 0.3) is 0 Å². The van der Waals surface area contributed by atoms with Gasteiger partial charge >= 0.3 is 0 Å². The number of aromatic nitrogens is 1. The maximum Gasteiger partial charge on any atom is 0.0708 e. The third-order valence-corrected chi connectivity index (χ3v) is 4.31. The molecule has 0 saturated carbocycles. The van der Waals surface area contributed by atoms with E-state index in [9.17, 15) is 0 Å². The van der Waals surface area contributed by atoms with Crippen LogP contribution in [0.1, 0.15) is 18.2 Å². The van der Waals surface area contributed by atoms with Gasteiger partial charge in [0.1, 0.15) is 0 Å². The van der Waals surface area contributed by atoms with E-state index < -0.39 is 0 Å². The molecule has 0 aliphatic carbocycles. The summed E-state index contributed by atoms with van der Waals surface area (Å²) in [5, 5.41) is 1.27. The number of pyridine rings is 1. The summed E-state index contributed by atoms with van der Waals surface area (Å²) in [7, 11) is 0. The van der Waals surface area contributed by atoms with Crippen molar-refractivity contribution in [2.45, 2.75) is 19.6 Å². The van der Waals surface area contributed by atoms with E-state index >= 15 is 0 Å². The minimum atomic E-state index is 0.587. The summed E-state index contributed by atoms with van der Waals surface area (Å²) in [6.07, 6.45) is 0. The molecule has 0 bridgehead atoms. The van der Waals surface area contributed by atoms with Gasteiger partial charge in [0.2, 0.25) is 0 Å². The first-order chi connectivity index (χ1) is 8.70. The van der Waals surface area contributed by atoms with Gasteiger partial charge in [0.15, 0.2) is 0 Å². The third-order valence-electron chi connectivity index (χ3n) is 2.99. The first-order valence-corrected chi connectivity index (χ1v) is 7.49. The van der Waals surface area contributed by atoms with Gasteiger partial charge in [-0.1, -0.05) is 25.1 Å². The second-order valence-electron chi connectivity index (χ2n) is 4.80. The number of rotatable bonds is 5. The van der Waals surface area contributed by atoms with E-state index in [-0.39, 0.29) is 0 Å². The van der Waals surface area contributed by atoms with Crippen LogP contribution in [0.3, 0.4) is 0 Å². The van der Waals surface area contributed by atoms with Crippen LogP contribution in [0.5, 0.6) is 0 Å². The number of fused-ring (bicyclic) bond motifs is 1. The minimum Gasteiger partial charge on any atom is -0.330 e. The predicted molar refractivity (Wildman–Crippen MR) is 80.9 cm³/mol. The second-order valence-corrected chi connectivity index (χ2v) is 5.83. The van der Waals surface area contributed by atoms with Crippen LogP contribution in [0.2, 0.25) is 0 Å². The zero-order valence-electron chi connectivity index (χ0n) is 11.0. The predicted octanol–water partition coefficient (Wildman–Crippen LogP) is 3.37. The Labute approximate surface area is 113 Å². The topological polar surface area (TPSA) is 38.9 Å². The van der Waals surface area contributed by atoms with Crippen LogP contribution in [0.15, 0.2) is 30.3 Å². The maximum atomic E-state index is 5.64. The molecule has 0 amide bonds. The molecule has 0 spiro atoms. The van der Waals surface area contributed by atoms with Crippen LogP contribution in [-0.4, -0.2) is 17.3 Å². The average Bonchev–Trinajstić information content (AvgIpc) is 2.38. The van der Waals surface area contributed by atoms with Crippen molar-refractivity contribution in [2.24, 2.45) is 11.7 Å². The van der Waals surface area contributed by atoms with Crippen molar-refractivity contribution >= 4 is 22.7 Å². The van der Waals surface area contributed by atoms with Crippen molar-refractivity contribution in [2.75, 3.05) is 12.3 Å². The highest BCUT2D eigenvalue weighted by Crippen LogP contribution is 2.23. The fraction of sp³-hybridized carbons (Fsp3) is 0.400. The van der Waals surface area contributed by atoms with Crippen molar-refractivity contribution < 1.29 is 0 Å². The monoisotopic (exact) mass is 260 g/mol. The fourth-order valence-corrected chi connectivity index (χ4v) is 3.07. The molecule has 0 radical (unpaired) electrons. The number of nitrogens with zero attached hydrogens (tertiary/aromatic N) is 1. The van der Waals surface area contributed by atoms with Crippen LogP contribution < -0.4 is 5.73 Å². The van der Waals surface area contributed by atoms with E-state index in [1.807, 2.05) is 17.8 Å². The number of hydrogen-bond acceptors (Lipinski definition) is 3. The molecule has 96 valence electrons. The summed E-state index contributed by atoms with van der Waals surface area (Å²) >= 11 is 1.95. The molecule has 0 fully saturated rings. The van der Waals surface area contributed by atoms with Gasteiger partial charge in [0.05, 0.1) is 5.52 Å². The highest BCUT2D eigenvalue weighted by molar-refractivity contribution is 7.98. The van der Waals surface area contributed by atoms with E-state index in [1.165, 1.54) is 10.9 Å². The summed E-state index contributed by atoms with van der Waals surface area (Å²) in [6, 6.07) is 10.6. The van der Waals surface area contributed by atoms with Crippen LogP contribution in [0, 0.1) is 12.8 Å². The minimum absolute atomic E-state index is 0.587. The molecule has 0 saturated heterocycles. The quantitative estimate of drug-likeness (QED) is 0.896. The largest absolute Gasteiger partial charge is 0.330 e. The molecule has 0 aliphatic heterocycles. The van der Waals surface area contributed by atoms with Crippen molar-refractivity contribution in [3.8, 4) is 0 Å². The van der Waals surface area contributed by atoms with Crippen LogP contribution >= 0.6 is 11.8 Å². The molecule has 2 N–H and O–H groups in total. The molecule has 1 aromatic heterocycles. The van der Waals surface area contributed by atoms with Gasteiger partial charge in [-0.15, -0.1) is 0 Å². The summed E-state index contributed by atoms with van der Waals surface area (Å²) in [5.74, 6) is 2.74. The summed E-state index contributed by atoms with van der Waals surface area (Å²) in [6.45, 7) is 5.02. The molecule has 1 atom stereocenters. The van der Waals surface area contributed by atoms with Gasteiger partial charge in [-0.2, -0.15) is 11.8 Å². The normalized spacial score (nSPS) is 12.8. The van der Waals surface area contributed by atoms with E-state index in [0.717, 1.165) is 29.3 Å². The van der Waals surface area contributed by atoms with E-state index in [0.29, 0.717) is 5.92 Å². The van der Waals surface area contributed by atoms with Crippen LogP contribution in [0.25, 0.3) is 10.9 Å². The Morgan fingerprint density at radius 1 is 1.33 bits per heavy atom. The molecule has 2 rings (SSSR count). The number of benzene rings is 1. The van der Waals surface area contributed by atoms with Crippen LogP contribution in [0.4, 0.5) is 0 Å². The van der Waals surface area contributed by atoms with Crippen molar-refractivity contribution in [1.82, 2.24) is 4.98 Å². The van der Waals surface area contributed by atoms with Gasteiger partial charge in [-0.25, -0.2) is 0 Å². The summed E-state index contributed by atoms with van der Waals surface area (Å²) in [4.78, 5) is 4.57. The molecule has 1 heterocycles. The zero-order chi connectivity index (χ0) is 13.0. The van der Waals surface area contributed by atoms with Crippen molar-refractivity contribution in [3.63, 3.8) is 0 Å². The van der Waals surface area contributed by atoms with Crippen LogP contribution in [-0.2, 0) is 5.75 Å². The molecule has 1 unspecified atom stereocenters. The molecule has 0 aliphatic rings. The summed E-state index contributed by atoms with van der Waals surface area (Å²) in [5.41, 5.74) is 9.22. The lowest BCUT2D eigenvalue weighted by molar-refractivity contribution is 0.675. The average molecular weight is 260 g/mol. The van der Waals surface area contributed by atoms with Gasteiger partial charge in [-0.3, -0.25) is 4.98 Å². The Bertz CT molecular complexity index is 525. The lowest BCUT2D eigenvalue weighted by Crippen LogP contribution is -2.12. The van der Waals surface area contributed by atoms with E-state index in [1.54, 1.807) is 0 Å². The van der Waals surface area contributed by atoms with Gasteiger partial charge in [0, 0.05) is 16.8 Å². The summed E-state index contributed by atoms with van der Waals surface area (Å²) < 4.78 is 0. The maximum absolute atomic E-state index is 5.64. The van der Waals surface area contributed by atoms with Gasteiger partial charge < -0.3 is 5.73 Å². The molecule has 18 heavy (non-hydrogen) atoms. The SMILES string of the molecule is Cc1cc(CSCC(C)CN)c2ccccc2n1. The van der Waals surface area contributed by atoms with E-state index in [2.05, 4.69) is 43.1 Å². The second kappa shape index (κ2) is 6.21. The smallest absolute Gasteiger partial charge is 0.0708 e. The highest BCUT2D eigenvalue weighted by Gasteiger charge is 2.05. The first-order valence-electron chi connectivity index (χ1n) is 6.33. The Morgan fingerprint density at radius 2 is 2.11 bits per heavy atom. The lowest BCUT2D eigenvalue weighted by Gasteiger charge is -2.10. The molecular formula is C15H20N2S. The number of para-hydroxylation sites is 1. The molecular weight excluding hydrogens is 240 g/mol. The van der Waals surface area contributed by atoms with Crippen molar-refractivity contribution in [1.29, 1.82) is 0 Å². The van der Waals surface area contributed by atoms with E-state index in [4.69, 9.17) is 5.73 Å². The Morgan fingerprint density at radius 3 is 2.89 bits per heavy atom. The van der Waals surface area contributed by atoms with Gasteiger partial charge in [-0.05, 0) is 42.8 Å². The molecule has 2 nitrogen and oxygen atoms in total. The third kappa shape index (κ3) is 3.24. The standard InChI is InChI=1S/C15H20N2S/c1-11(8-16)9-18-10-13-7-12(2)17-15-6-4-3-5-14(13)15/h3-7,11H,8-10,16H2,1-2H3. The highest BCUT2D eigenvalue weighted by atomic mass is 32.2. The Kier molecular flexibility index (Phi) is 4.61. The molecule has 3 heteroatoms. The molecule has 2 aromatic rings. The fourth-order valence-electron chi connectivity index (χ4n) is 1.95. The number of thioether (sulfide) groups is 1.